The molecule has 1 N–H and O–H groups in total. The van der Waals surface area contributed by atoms with Crippen molar-refractivity contribution in [3.8, 4) is 0 Å². The summed E-state index contributed by atoms with van der Waals surface area (Å²) in [5.74, 6) is -0.000122. The number of hydrogen-bond donors (Lipinski definition) is 1. The summed E-state index contributed by atoms with van der Waals surface area (Å²) < 4.78 is 6.69. The van der Waals surface area contributed by atoms with Crippen molar-refractivity contribution in [3.05, 3.63) is 11.9 Å². The summed E-state index contributed by atoms with van der Waals surface area (Å²) in [5.41, 5.74) is 0.721. The van der Waals surface area contributed by atoms with E-state index in [0.717, 1.165) is 31.4 Å². The molecule has 0 spiro atoms. The molecular formula is C19H29N5O4. The average molecular weight is 391 g/mol. The third-order valence-corrected chi connectivity index (χ3v) is 5.68. The molecule has 2 aliphatic rings. The molecule has 1 aromatic rings. The molecule has 9 nitrogen and oxygen atoms in total. The van der Waals surface area contributed by atoms with Crippen molar-refractivity contribution in [2.24, 2.45) is 17.8 Å². The number of amides is 3. The molecule has 1 saturated carbocycles. The van der Waals surface area contributed by atoms with Gasteiger partial charge in [-0.1, -0.05) is 12.1 Å². The highest BCUT2D eigenvalue weighted by molar-refractivity contribution is 6.03. The first-order chi connectivity index (χ1) is 13.5. The van der Waals surface area contributed by atoms with Crippen molar-refractivity contribution >= 4 is 17.7 Å². The van der Waals surface area contributed by atoms with Crippen LogP contribution in [-0.2, 0) is 32.2 Å². The van der Waals surface area contributed by atoms with Gasteiger partial charge in [0.15, 0.2) is 0 Å². The first-order valence-electron chi connectivity index (χ1n) is 9.97. The van der Waals surface area contributed by atoms with Gasteiger partial charge in [-0.15, -0.1) is 5.10 Å². The van der Waals surface area contributed by atoms with E-state index in [9.17, 15) is 14.4 Å². The zero-order valence-electron chi connectivity index (χ0n) is 16.6. The van der Waals surface area contributed by atoms with E-state index in [2.05, 4.69) is 15.6 Å². The molecule has 28 heavy (non-hydrogen) atoms. The van der Waals surface area contributed by atoms with E-state index >= 15 is 0 Å². The fourth-order valence-corrected chi connectivity index (χ4v) is 3.94. The van der Waals surface area contributed by atoms with E-state index in [-0.39, 0.29) is 29.6 Å². The topological polar surface area (TPSA) is 106 Å². The van der Waals surface area contributed by atoms with E-state index in [4.69, 9.17) is 4.74 Å². The van der Waals surface area contributed by atoms with Gasteiger partial charge in [-0.25, -0.2) is 4.68 Å². The summed E-state index contributed by atoms with van der Waals surface area (Å²) in [6, 6.07) is 0. The third kappa shape index (κ3) is 4.95. The molecule has 2 fully saturated rings. The predicted octanol–water partition coefficient (Wildman–Crippen LogP) is 0.742. The van der Waals surface area contributed by atoms with Crippen LogP contribution in [0.5, 0.6) is 0 Å². The zero-order chi connectivity index (χ0) is 20.1. The second-order valence-corrected chi connectivity index (χ2v) is 7.85. The molecule has 3 rings (SSSR count). The number of rotatable bonds is 8. The number of ether oxygens (including phenoxy) is 1. The van der Waals surface area contributed by atoms with E-state index < -0.39 is 0 Å². The first kappa shape index (κ1) is 20.4. The monoisotopic (exact) mass is 391 g/mol. The van der Waals surface area contributed by atoms with E-state index in [0.29, 0.717) is 38.6 Å². The summed E-state index contributed by atoms with van der Waals surface area (Å²) in [4.78, 5) is 37.9. The minimum Gasteiger partial charge on any atom is -0.383 e. The van der Waals surface area contributed by atoms with Gasteiger partial charge < -0.3 is 10.1 Å². The highest BCUT2D eigenvalue weighted by Gasteiger charge is 2.37. The van der Waals surface area contributed by atoms with Crippen molar-refractivity contribution < 1.29 is 19.1 Å². The van der Waals surface area contributed by atoms with Gasteiger partial charge in [0.05, 0.1) is 25.9 Å². The lowest BCUT2D eigenvalue weighted by atomic mass is 9.81. The number of imide groups is 1. The van der Waals surface area contributed by atoms with Crippen molar-refractivity contribution in [3.63, 3.8) is 0 Å². The van der Waals surface area contributed by atoms with Gasteiger partial charge in [0.25, 0.3) is 0 Å². The Morgan fingerprint density at radius 3 is 2.68 bits per heavy atom. The van der Waals surface area contributed by atoms with Crippen molar-refractivity contribution in [2.45, 2.75) is 52.1 Å². The molecule has 0 aromatic carbocycles. The van der Waals surface area contributed by atoms with Gasteiger partial charge in [0.1, 0.15) is 5.69 Å². The Labute approximate surface area is 164 Å². The largest absolute Gasteiger partial charge is 0.383 e. The van der Waals surface area contributed by atoms with Crippen LogP contribution in [0.3, 0.4) is 0 Å². The maximum absolute atomic E-state index is 12.4. The number of methoxy groups -OCH3 is 1. The lowest BCUT2D eigenvalue weighted by Gasteiger charge is -2.30. The van der Waals surface area contributed by atoms with Crippen molar-refractivity contribution in [1.29, 1.82) is 0 Å². The van der Waals surface area contributed by atoms with Gasteiger partial charge in [-0.2, -0.15) is 0 Å². The van der Waals surface area contributed by atoms with Crippen LogP contribution in [0.15, 0.2) is 6.20 Å². The number of nitrogens with zero attached hydrogens (tertiary/aromatic N) is 4. The summed E-state index contributed by atoms with van der Waals surface area (Å²) in [6.07, 6.45) is 5.41. The molecule has 1 aliphatic heterocycles. The predicted molar refractivity (Wildman–Crippen MR) is 99.7 cm³/mol. The first-order valence-corrected chi connectivity index (χ1v) is 9.97. The standard InChI is InChI=1S/C19H29N5O4/c1-13-9-17(25)24(19(13)27)11-14-3-5-15(6-4-14)18(26)20-10-16-12-23(22-21-16)7-8-28-2/h12-15H,3-11H2,1-2H3,(H,20,26). The lowest BCUT2D eigenvalue weighted by molar-refractivity contribution is -0.140. The van der Waals surface area contributed by atoms with Crippen LogP contribution in [-0.4, -0.2) is 57.9 Å². The molecule has 1 aromatic heterocycles. The number of nitrogens with one attached hydrogen (secondary N) is 1. The molecule has 0 radical (unpaired) electrons. The second kappa shape index (κ2) is 9.27. The van der Waals surface area contributed by atoms with Gasteiger partial charge in [0.2, 0.25) is 17.7 Å². The quantitative estimate of drug-likeness (QED) is 0.655. The fourth-order valence-electron chi connectivity index (χ4n) is 3.94. The number of carbonyl (C=O) groups is 3. The van der Waals surface area contributed by atoms with Crippen LogP contribution in [0.25, 0.3) is 0 Å². The van der Waals surface area contributed by atoms with Crippen molar-refractivity contribution in [1.82, 2.24) is 25.2 Å². The summed E-state index contributed by atoms with van der Waals surface area (Å²) >= 11 is 0. The van der Waals surface area contributed by atoms with E-state index in [1.807, 2.05) is 0 Å². The second-order valence-electron chi connectivity index (χ2n) is 7.85. The maximum atomic E-state index is 12.4. The Morgan fingerprint density at radius 2 is 2.04 bits per heavy atom. The van der Waals surface area contributed by atoms with E-state index in [1.54, 1.807) is 24.9 Å². The minimum atomic E-state index is -0.193. The molecule has 9 heteroatoms. The highest BCUT2D eigenvalue weighted by atomic mass is 16.5. The van der Waals surface area contributed by atoms with Gasteiger partial charge in [-0.3, -0.25) is 19.3 Å². The molecule has 154 valence electrons. The molecule has 1 aliphatic carbocycles. The number of likely N-dealkylation sites (tertiary alicyclic amines) is 1. The Morgan fingerprint density at radius 1 is 1.29 bits per heavy atom. The van der Waals surface area contributed by atoms with Crippen LogP contribution < -0.4 is 5.32 Å². The lowest BCUT2D eigenvalue weighted by Crippen LogP contribution is -2.38. The van der Waals surface area contributed by atoms with Crippen LogP contribution in [0.4, 0.5) is 0 Å². The third-order valence-electron chi connectivity index (χ3n) is 5.68. The van der Waals surface area contributed by atoms with Gasteiger partial charge >= 0.3 is 0 Å². The number of carbonyl (C=O) groups excluding carboxylic acids is 3. The minimum absolute atomic E-state index is 0.0244. The molecule has 2 heterocycles. The fraction of sp³-hybridized carbons (Fsp3) is 0.737. The molecule has 0 bridgehead atoms. The van der Waals surface area contributed by atoms with Crippen molar-refractivity contribution in [2.75, 3.05) is 20.3 Å². The Kier molecular flexibility index (Phi) is 6.77. The van der Waals surface area contributed by atoms with Crippen LogP contribution in [0.1, 0.15) is 44.7 Å². The summed E-state index contributed by atoms with van der Waals surface area (Å²) in [5, 5.41) is 11.0. The normalized spacial score (nSPS) is 25.4. The summed E-state index contributed by atoms with van der Waals surface area (Å²) in [7, 11) is 1.63. The van der Waals surface area contributed by atoms with Crippen LogP contribution in [0.2, 0.25) is 0 Å². The molecule has 1 unspecified atom stereocenters. The zero-order valence-corrected chi connectivity index (χ0v) is 16.6. The molecule has 1 atom stereocenters. The summed E-state index contributed by atoms with van der Waals surface area (Å²) in [6.45, 7) is 3.85. The van der Waals surface area contributed by atoms with Gasteiger partial charge in [0, 0.05) is 31.9 Å². The SMILES string of the molecule is COCCn1cc(CNC(=O)C2CCC(CN3C(=O)CC(C)C3=O)CC2)nn1. The maximum Gasteiger partial charge on any atom is 0.232 e. The van der Waals surface area contributed by atoms with Crippen LogP contribution >= 0.6 is 0 Å². The Bertz CT molecular complexity index is 711. The Balaban J connectivity index is 1.39. The van der Waals surface area contributed by atoms with Gasteiger partial charge in [-0.05, 0) is 31.6 Å². The highest BCUT2D eigenvalue weighted by Crippen LogP contribution is 2.31. The molecular weight excluding hydrogens is 362 g/mol. The number of aromatic nitrogens is 3. The molecule has 1 saturated heterocycles. The van der Waals surface area contributed by atoms with E-state index in [1.165, 1.54) is 4.90 Å². The molecule has 3 amide bonds. The smallest absolute Gasteiger partial charge is 0.232 e. The number of hydrogen-bond acceptors (Lipinski definition) is 6. The average Bonchev–Trinajstić information content (AvgIpc) is 3.24. The van der Waals surface area contributed by atoms with Crippen LogP contribution in [0, 0.1) is 17.8 Å². The Hall–Kier alpha value is -2.29.